The molecule has 78 valence electrons. The molecule has 0 rings (SSSR count). The van der Waals surface area contributed by atoms with E-state index in [1.54, 1.807) is 0 Å². The molecule has 1 nitrogen and oxygen atoms in total. The quantitative estimate of drug-likeness (QED) is 0.509. The Hall–Kier alpha value is -0.880. The molecule has 0 aliphatic carbocycles. The van der Waals surface area contributed by atoms with Crippen LogP contribution in [0.15, 0.2) is 12.8 Å². The highest BCUT2D eigenvalue weighted by Gasteiger charge is 2.57. The first-order chi connectivity index (χ1) is 5.75. The second-order valence-corrected chi connectivity index (χ2v) is 2.12. The monoisotopic (exact) mass is 208 g/mol. The summed E-state index contributed by atoms with van der Waals surface area (Å²) in [4.78, 5) is 0. The first kappa shape index (κ1) is 12.1. The smallest absolute Gasteiger partial charge is 0.431 e. The van der Waals surface area contributed by atoms with Crippen molar-refractivity contribution in [3.05, 3.63) is 12.8 Å². The van der Waals surface area contributed by atoms with Gasteiger partial charge >= 0.3 is 12.1 Å². The first-order valence-electron chi connectivity index (χ1n) is 3.02. The molecule has 0 N–H and O–H groups in total. The SMILES string of the molecule is C=COC(C(F)(F)F)C(F)(F)CF. The number of halogens is 6. The van der Waals surface area contributed by atoms with Crippen LogP contribution in [0.2, 0.25) is 0 Å². The van der Waals surface area contributed by atoms with Crippen LogP contribution in [0.1, 0.15) is 0 Å². The van der Waals surface area contributed by atoms with Crippen molar-refractivity contribution in [3.63, 3.8) is 0 Å². The lowest BCUT2D eigenvalue weighted by molar-refractivity contribution is -0.273. The van der Waals surface area contributed by atoms with Gasteiger partial charge in [0.1, 0.15) is 0 Å². The number of rotatable bonds is 4. The van der Waals surface area contributed by atoms with Crippen molar-refractivity contribution in [2.45, 2.75) is 18.2 Å². The van der Waals surface area contributed by atoms with Crippen molar-refractivity contribution >= 4 is 0 Å². The van der Waals surface area contributed by atoms with Crippen molar-refractivity contribution in [2.24, 2.45) is 0 Å². The van der Waals surface area contributed by atoms with Gasteiger partial charge in [0.2, 0.25) is 0 Å². The lowest BCUT2D eigenvalue weighted by Gasteiger charge is -2.25. The maximum Gasteiger partial charge on any atom is 0.431 e. The molecule has 0 aliphatic heterocycles. The summed E-state index contributed by atoms with van der Waals surface area (Å²) in [6.07, 6.45) is -8.62. The van der Waals surface area contributed by atoms with Crippen molar-refractivity contribution in [2.75, 3.05) is 6.67 Å². The Kier molecular flexibility index (Phi) is 3.62. The van der Waals surface area contributed by atoms with Crippen LogP contribution in [0, 0.1) is 0 Å². The second kappa shape index (κ2) is 3.89. The lowest BCUT2D eigenvalue weighted by atomic mass is 10.2. The standard InChI is InChI=1S/C6H6F6O/c1-2-13-4(6(10,11)12)5(8,9)3-7/h2,4H,1,3H2. The van der Waals surface area contributed by atoms with Crippen molar-refractivity contribution in [1.82, 2.24) is 0 Å². The third-order valence-corrected chi connectivity index (χ3v) is 1.09. The average Bonchev–Trinajstić information content (AvgIpc) is 1.98. The van der Waals surface area contributed by atoms with Crippen LogP contribution < -0.4 is 0 Å². The van der Waals surface area contributed by atoms with Crippen LogP contribution in [-0.4, -0.2) is 24.9 Å². The van der Waals surface area contributed by atoms with Crippen LogP contribution in [0.25, 0.3) is 0 Å². The van der Waals surface area contributed by atoms with Crippen LogP contribution >= 0.6 is 0 Å². The molecule has 0 aromatic rings. The zero-order chi connectivity index (χ0) is 10.7. The van der Waals surface area contributed by atoms with Crippen LogP contribution in [-0.2, 0) is 4.74 Å². The Bertz CT molecular complexity index is 174. The molecule has 0 aliphatic rings. The fourth-order valence-electron chi connectivity index (χ4n) is 0.582. The molecular weight excluding hydrogens is 202 g/mol. The zero-order valence-electron chi connectivity index (χ0n) is 6.24. The molecule has 7 heteroatoms. The van der Waals surface area contributed by atoms with E-state index in [1.165, 1.54) is 0 Å². The van der Waals surface area contributed by atoms with E-state index < -0.39 is 24.9 Å². The Morgan fingerprint density at radius 3 is 1.92 bits per heavy atom. The minimum Gasteiger partial charge on any atom is -0.483 e. The molecule has 0 radical (unpaired) electrons. The van der Waals surface area contributed by atoms with Crippen LogP contribution in [0.3, 0.4) is 0 Å². The summed E-state index contributed by atoms with van der Waals surface area (Å²) < 4.78 is 74.8. The fourth-order valence-corrected chi connectivity index (χ4v) is 0.582. The summed E-state index contributed by atoms with van der Waals surface area (Å²) in [5, 5.41) is 0. The van der Waals surface area contributed by atoms with Gasteiger partial charge in [0.25, 0.3) is 6.10 Å². The summed E-state index contributed by atoms with van der Waals surface area (Å²) in [7, 11) is 0. The van der Waals surface area contributed by atoms with Gasteiger partial charge < -0.3 is 4.74 Å². The second-order valence-electron chi connectivity index (χ2n) is 2.12. The van der Waals surface area contributed by atoms with Crippen molar-refractivity contribution in [3.8, 4) is 0 Å². The molecule has 1 unspecified atom stereocenters. The number of alkyl halides is 6. The molecule has 0 aromatic heterocycles. The molecule has 1 atom stereocenters. The normalized spacial score (nSPS) is 15.2. The van der Waals surface area contributed by atoms with Gasteiger partial charge in [-0.2, -0.15) is 22.0 Å². The van der Waals surface area contributed by atoms with Crippen molar-refractivity contribution < 1.29 is 31.1 Å². The summed E-state index contributed by atoms with van der Waals surface area (Å²) in [6.45, 7) is 0.244. The van der Waals surface area contributed by atoms with E-state index in [1.807, 2.05) is 0 Å². The molecular formula is C6H6F6O. The van der Waals surface area contributed by atoms with E-state index >= 15 is 0 Å². The summed E-state index contributed by atoms with van der Waals surface area (Å²) >= 11 is 0. The van der Waals surface area contributed by atoms with Gasteiger partial charge in [0.15, 0.2) is 6.67 Å². The molecule has 0 aromatic carbocycles. The van der Waals surface area contributed by atoms with Gasteiger partial charge in [-0.1, -0.05) is 6.58 Å². The van der Waals surface area contributed by atoms with Gasteiger partial charge in [-0.3, -0.25) is 0 Å². The van der Waals surface area contributed by atoms with E-state index in [2.05, 4.69) is 11.3 Å². The Morgan fingerprint density at radius 2 is 1.69 bits per heavy atom. The zero-order valence-corrected chi connectivity index (χ0v) is 6.24. The van der Waals surface area contributed by atoms with Gasteiger partial charge in [-0.05, 0) is 0 Å². The third-order valence-electron chi connectivity index (χ3n) is 1.09. The summed E-state index contributed by atoms with van der Waals surface area (Å²) in [5.41, 5.74) is 0. The van der Waals surface area contributed by atoms with Crippen LogP contribution in [0.4, 0.5) is 26.3 Å². The molecule has 0 bridgehead atoms. The molecule has 0 heterocycles. The predicted molar refractivity (Wildman–Crippen MR) is 32.0 cm³/mol. The Labute approximate surface area is 70.0 Å². The average molecular weight is 208 g/mol. The molecule has 0 amide bonds. The first-order valence-corrected chi connectivity index (χ1v) is 3.02. The minimum absolute atomic E-state index is 0.196. The third kappa shape index (κ3) is 3.16. The minimum atomic E-state index is -5.33. The molecule has 0 saturated heterocycles. The largest absolute Gasteiger partial charge is 0.483 e. The van der Waals surface area contributed by atoms with Crippen LogP contribution in [0.5, 0.6) is 0 Å². The molecule has 0 spiro atoms. The highest BCUT2D eigenvalue weighted by atomic mass is 19.4. The lowest BCUT2D eigenvalue weighted by Crippen LogP contribution is -2.47. The van der Waals surface area contributed by atoms with E-state index in [4.69, 9.17) is 0 Å². The fraction of sp³-hybridized carbons (Fsp3) is 0.667. The molecule has 0 saturated carbocycles. The Morgan fingerprint density at radius 1 is 1.23 bits per heavy atom. The topological polar surface area (TPSA) is 9.23 Å². The predicted octanol–water partition coefficient (Wildman–Crippen LogP) is 2.68. The van der Waals surface area contributed by atoms with Crippen molar-refractivity contribution in [1.29, 1.82) is 0 Å². The van der Waals surface area contributed by atoms with Gasteiger partial charge in [-0.15, -0.1) is 0 Å². The molecule has 13 heavy (non-hydrogen) atoms. The Balaban J connectivity index is 4.70. The van der Waals surface area contributed by atoms with E-state index in [0.717, 1.165) is 0 Å². The van der Waals surface area contributed by atoms with E-state index in [0.29, 0.717) is 0 Å². The van der Waals surface area contributed by atoms with E-state index in [9.17, 15) is 26.3 Å². The maximum absolute atomic E-state index is 12.2. The number of hydrogen-bond donors (Lipinski definition) is 0. The summed E-state index contributed by atoms with van der Waals surface area (Å²) in [5.74, 6) is -4.59. The highest BCUT2D eigenvalue weighted by molar-refractivity contribution is 4.85. The molecule has 0 fully saturated rings. The maximum atomic E-state index is 12.2. The number of ether oxygens (including phenoxy) is 1. The highest BCUT2D eigenvalue weighted by Crippen LogP contribution is 2.35. The number of hydrogen-bond acceptors (Lipinski definition) is 1. The summed E-state index contributed by atoms with van der Waals surface area (Å²) in [6, 6.07) is 0. The van der Waals surface area contributed by atoms with Gasteiger partial charge in [0.05, 0.1) is 6.26 Å². The van der Waals surface area contributed by atoms with Gasteiger partial charge in [-0.25, -0.2) is 4.39 Å². The van der Waals surface area contributed by atoms with E-state index in [-0.39, 0.29) is 6.26 Å². The van der Waals surface area contributed by atoms with Gasteiger partial charge in [0, 0.05) is 0 Å².